The minimum absolute atomic E-state index is 0.117. The average molecular weight is 921 g/mol. The zero-order chi connectivity index (χ0) is 48.1. The van der Waals surface area contributed by atoms with Crippen LogP contribution in [0.5, 0.6) is 23.0 Å². The van der Waals surface area contributed by atoms with Crippen LogP contribution in [0.3, 0.4) is 0 Å². The number of benzene rings is 5. The van der Waals surface area contributed by atoms with Crippen LogP contribution in [0.25, 0.3) is 12.2 Å². The molecule has 0 aliphatic carbocycles. The van der Waals surface area contributed by atoms with Gasteiger partial charge >= 0.3 is 24.2 Å². The Bertz CT molecular complexity index is 2370. The van der Waals surface area contributed by atoms with E-state index in [4.69, 9.17) is 50.4 Å². The third-order valence-corrected chi connectivity index (χ3v) is 9.76. The molecule has 67 heavy (non-hydrogen) atoms. The number of unbranched alkanes of at least 4 members (excludes halogenated alkanes) is 4. The van der Waals surface area contributed by atoms with Gasteiger partial charge < -0.3 is 39.9 Å². The molecule has 0 aromatic heterocycles. The first-order chi connectivity index (χ1) is 32.2. The van der Waals surface area contributed by atoms with Gasteiger partial charge in [-0.1, -0.05) is 30.3 Å². The lowest BCUT2D eigenvalue weighted by Crippen LogP contribution is -2.21. The lowest BCUT2D eigenvalue weighted by atomic mass is 9.98. The summed E-state index contributed by atoms with van der Waals surface area (Å²) in [5, 5.41) is 17.2. The number of halogens is 4. The van der Waals surface area contributed by atoms with E-state index in [1.165, 1.54) is 115 Å². The van der Waals surface area contributed by atoms with Gasteiger partial charge in [0.15, 0.2) is 0 Å². The Kier molecular flexibility index (Phi) is 18.6. The molecular weight excluding hydrogens is 873 g/mol. The number of hydrogen-bond donors (Lipinski definition) is 2. The van der Waals surface area contributed by atoms with E-state index < -0.39 is 30.1 Å². The van der Waals surface area contributed by atoms with Crippen LogP contribution >= 0.6 is 0 Å². The molecule has 0 aliphatic rings. The summed E-state index contributed by atoms with van der Waals surface area (Å²) < 4.78 is 91.7. The summed E-state index contributed by atoms with van der Waals surface area (Å²) in [6.45, 7) is 0.223. The molecule has 0 heterocycles. The molecule has 5 rings (SSSR count). The summed E-state index contributed by atoms with van der Waals surface area (Å²) in [5.74, 6) is -1.61. The van der Waals surface area contributed by atoms with E-state index in [0.717, 1.165) is 12.2 Å². The van der Waals surface area contributed by atoms with Gasteiger partial charge in [-0.2, -0.15) is 28.1 Å². The zero-order valence-electron chi connectivity index (χ0n) is 36.3. The van der Waals surface area contributed by atoms with Gasteiger partial charge in [-0.3, -0.25) is 0 Å². The molecule has 0 amide bonds. The van der Waals surface area contributed by atoms with Crippen LogP contribution in [-0.2, 0) is 31.3 Å². The predicted molar refractivity (Wildman–Crippen MR) is 243 cm³/mol. The Morgan fingerprint density at radius 1 is 0.567 bits per heavy atom. The van der Waals surface area contributed by atoms with Gasteiger partial charge in [0, 0.05) is 36.4 Å². The van der Waals surface area contributed by atoms with Crippen molar-refractivity contribution in [3.8, 4) is 35.1 Å². The minimum atomic E-state index is -3.65. The Balaban J connectivity index is 1.10. The van der Waals surface area contributed by atoms with Crippen molar-refractivity contribution in [3.63, 3.8) is 0 Å². The molecule has 5 aromatic rings. The molecular formula is C51H48F4N4O8. The second-order valence-electron chi connectivity index (χ2n) is 14.9. The number of carbonyl (C=O) groups excluding carboxylic acids is 2. The van der Waals surface area contributed by atoms with Gasteiger partial charge in [0.2, 0.25) is 0 Å². The zero-order valence-corrected chi connectivity index (χ0v) is 36.3. The molecule has 0 fully saturated rings. The molecule has 0 saturated heterocycles. The highest BCUT2D eigenvalue weighted by atomic mass is 19.3. The largest absolute Gasteiger partial charge is 0.494 e. The van der Waals surface area contributed by atoms with E-state index in [-0.39, 0.29) is 41.5 Å². The summed E-state index contributed by atoms with van der Waals surface area (Å²) in [6, 6.07) is 30.6. The van der Waals surface area contributed by atoms with E-state index in [0.29, 0.717) is 85.6 Å². The van der Waals surface area contributed by atoms with Gasteiger partial charge in [0.1, 0.15) is 36.2 Å². The normalized spacial score (nSPS) is 11.5. The number of nitriles is 2. The number of nitrogen functional groups attached to an aromatic ring is 2. The Hall–Kier alpha value is -7.98. The quantitative estimate of drug-likeness (QED) is 0.0186. The highest BCUT2D eigenvalue weighted by Gasteiger charge is 2.35. The van der Waals surface area contributed by atoms with Crippen molar-refractivity contribution < 1.29 is 55.6 Å². The van der Waals surface area contributed by atoms with Crippen molar-refractivity contribution in [1.29, 1.82) is 10.5 Å². The predicted octanol–water partition coefficient (Wildman–Crippen LogP) is 10.8. The molecule has 0 atom stereocenters. The summed E-state index contributed by atoms with van der Waals surface area (Å²) in [4.78, 5) is 25.6. The van der Waals surface area contributed by atoms with Crippen molar-refractivity contribution in [1.82, 2.24) is 0 Å². The van der Waals surface area contributed by atoms with E-state index in [2.05, 4.69) is 12.1 Å². The van der Waals surface area contributed by atoms with Crippen LogP contribution in [0.4, 0.5) is 28.9 Å². The van der Waals surface area contributed by atoms with E-state index in [1.54, 1.807) is 12.1 Å². The number of esters is 2. The maximum Gasteiger partial charge on any atom is 0.426 e. The second kappa shape index (κ2) is 24.9. The van der Waals surface area contributed by atoms with Gasteiger partial charge in [-0.25, -0.2) is 9.59 Å². The third-order valence-electron chi connectivity index (χ3n) is 9.76. The summed E-state index contributed by atoms with van der Waals surface area (Å²) in [7, 11) is 0. The molecule has 12 nitrogen and oxygen atoms in total. The molecule has 0 radical (unpaired) electrons. The van der Waals surface area contributed by atoms with E-state index in [9.17, 15) is 27.2 Å². The van der Waals surface area contributed by atoms with Crippen LogP contribution in [-0.4, -0.2) is 38.4 Å². The first-order valence-corrected chi connectivity index (χ1v) is 21.1. The highest BCUT2D eigenvalue weighted by molar-refractivity contribution is 5.87. The second-order valence-corrected chi connectivity index (χ2v) is 14.9. The molecule has 0 saturated carbocycles. The lowest BCUT2D eigenvalue weighted by molar-refractivity contribution is -0.186. The monoisotopic (exact) mass is 920 g/mol. The third kappa shape index (κ3) is 16.5. The van der Waals surface area contributed by atoms with Crippen LogP contribution in [0, 0.1) is 22.7 Å². The fourth-order valence-electron chi connectivity index (χ4n) is 6.17. The Morgan fingerprint density at radius 3 is 1.36 bits per heavy atom. The van der Waals surface area contributed by atoms with Crippen molar-refractivity contribution >= 4 is 35.5 Å². The summed E-state index contributed by atoms with van der Waals surface area (Å²) in [5.41, 5.74) is 13.5. The highest BCUT2D eigenvalue weighted by Crippen LogP contribution is 2.34. The summed E-state index contributed by atoms with van der Waals surface area (Å²) in [6.07, 6.45) is 1.36. The topological polar surface area (TPSA) is 189 Å². The number of rotatable bonds is 25. The van der Waals surface area contributed by atoms with Crippen LogP contribution in [0.2, 0.25) is 0 Å². The molecule has 0 aliphatic heterocycles. The van der Waals surface area contributed by atoms with Gasteiger partial charge in [0.05, 0.1) is 42.4 Å². The molecule has 0 unspecified atom stereocenters. The number of hydrogen-bond acceptors (Lipinski definition) is 12. The Morgan fingerprint density at radius 2 is 0.970 bits per heavy atom. The van der Waals surface area contributed by atoms with Crippen molar-refractivity contribution in [2.24, 2.45) is 0 Å². The van der Waals surface area contributed by atoms with E-state index in [1.807, 2.05) is 0 Å². The van der Waals surface area contributed by atoms with Crippen molar-refractivity contribution in [2.45, 2.75) is 56.7 Å². The Labute approximate surface area is 385 Å². The number of ether oxygens (including phenoxy) is 6. The smallest absolute Gasteiger partial charge is 0.426 e. The van der Waals surface area contributed by atoms with E-state index >= 15 is 0 Å². The first-order valence-electron chi connectivity index (χ1n) is 21.1. The maximum atomic E-state index is 14.9. The molecule has 5 aromatic carbocycles. The SMILES string of the molecule is N#CCCCCOc1ccc(C(F)(F)Oc2ccc(/C=C/C(=O)OCC(COC(=O)/C=C/c3ccc(OC(F)(F)c4ccc(OCCCCC#N)cc4)cc3)c3ccc(N)cc3N)cc2)cc1. The molecule has 0 bridgehead atoms. The minimum Gasteiger partial charge on any atom is -0.494 e. The fraction of sp³-hybridized carbons (Fsp3) is 0.255. The maximum absolute atomic E-state index is 14.9. The molecule has 348 valence electrons. The van der Waals surface area contributed by atoms with Crippen LogP contribution in [0.15, 0.2) is 127 Å². The number of anilines is 2. The first kappa shape index (κ1) is 50.0. The summed E-state index contributed by atoms with van der Waals surface area (Å²) >= 11 is 0. The number of nitrogens with zero attached hydrogens (tertiary/aromatic N) is 2. The van der Waals surface area contributed by atoms with Gasteiger partial charge in [0.25, 0.3) is 0 Å². The molecule has 4 N–H and O–H groups in total. The fourth-order valence-corrected chi connectivity index (χ4v) is 6.17. The number of nitrogens with two attached hydrogens (primary N) is 2. The number of alkyl halides is 4. The standard InChI is InChI=1S/C51H48F4N4O8/c52-50(53,39-13-22-42(23-14-39)62-31-5-1-3-29-56)66-44-18-7-36(8-19-44)11-27-48(60)64-34-38(46-26-17-41(58)33-47(46)59)35-65-49(61)28-12-37-9-20-45(21-10-37)67-51(54,55)40-15-24-43(25-16-40)63-32-6-2-4-30-57/h7-28,33,38H,1-6,31-32,34-35,58-59H2/b27-11+,28-12+. The van der Waals surface area contributed by atoms with Crippen molar-refractivity contribution in [2.75, 3.05) is 37.9 Å². The van der Waals surface area contributed by atoms with Crippen LogP contribution in [0.1, 0.15) is 72.3 Å². The lowest BCUT2D eigenvalue weighted by Gasteiger charge is -2.19. The molecule has 0 spiro atoms. The van der Waals surface area contributed by atoms with Gasteiger partial charge in [-0.05, 0) is 139 Å². The van der Waals surface area contributed by atoms with Gasteiger partial charge in [-0.15, -0.1) is 0 Å². The van der Waals surface area contributed by atoms with Crippen LogP contribution < -0.4 is 30.4 Å². The number of carbonyl (C=O) groups is 2. The average Bonchev–Trinajstić information content (AvgIpc) is 3.31. The molecule has 16 heteroatoms. The van der Waals surface area contributed by atoms with Crippen molar-refractivity contribution in [3.05, 3.63) is 155 Å².